The van der Waals surface area contributed by atoms with E-state index < -0.39 is 0 Å². The molecule has 112 valence electrons. The summed E-state index contributed by atoms with van der Waals surface area (Å²) >= 11 is 3.46. The molecular weight excluding hydrogens is 326 g/mol. The van der Waals surface area contributed by atoms with Crippen molar-refractivity contribution < 1.29 is 4.74 Å². The molecule has 0 unspecified atom stereocenters. The third-order valence-electron chi connectivity index (χ3n) is 3.50. The van der Waals surface area contributed by atoms with E-state index in [0.717, 1.165) is 27.1 Å². The van der Waals surface area contributed by atoms with E-state index in [1.54, 1.807) is 0 Å². The van der Waals surface area contributed by atoms with Gasteiger partial charge in [0, 0.05) is 16.6 Å². The molecule has 0 saturated carbocycles. The van der Waals surface area contributed by atoms with Crippen LogP contribution in [0.4, 0.5) is 0 Å². The van der Waals surface area contributed by atoms with Gasteiger partial charge in [0.05, 0.1) is 0 Å². The van der Waals surface area contributed by atoms with E-state index in [2.05, 4.69) is 55.8 Å². The maximum atomic E-state index is 6.05. The van der Waals surface area contributed by atoms with Crippen molar-refractivity contribution in [2.24, 2.45) is 5.73 Å². The van der Waals surface area contributed by atoms with Crippen LogP contribution in [0.1, 0.15) is 37.5 Å². The number of rotatable bonds is 3. The fraction of sp³-hybridized carbons (Fsp3) is 0.333. The molecule has 0 amide bonds. The third kappa shape index (κ3) is 3.86. The van der Waals surface area contributed by atoms with Crippen molar-refractivity contribution in [1.82, 2.24) is 0 Å². The maximum Gasteiger partial charge on any atom is 0.131 e. The van der Waals surface area contributed by atoms with Gasteiger partial charge < -0.3 is 10.5 Å². The van der Waals surface area contributed by atoms with Gasteiger partial charge in [-0.3, -0.25) is 0 Å². The van der Waals surface area contributed by atoms with Crippen LogP contribution in [0.5, 0.6) is 11.5 Å². The van der Waals surface area contributed by atoms with E-state index in [-0.39, 0.29) is 5.41 Å². The van der Waals surface area contributed by atoms with Gasteiger partial charge in [0.1, 0.15) is 11.5 Å². The number of benzene rings is 2. The highest BCUT2D eigenvalue weighted by molar-refractivity contribution is 9.10. The molecule has 2 aromatic rings. The average Bonchev–Trinajstić information content (AvgIpc) is 2.41. The standard InChI is InChI=1S/C18H22BrNO/c1-12-9-14(18(2,3)4)5-7-16(12)21-17-8-6-15(19)10-13(17)11-20/h5-10H,11,20H2,1-4H3. The Balaban J connectivity index is 2.32. The highest BCUT2D eigenvalue weighted by atomic mass is 79.9. The highest BCUT2D eigenvalue weighted by Gasteiger charge is 2.15. The van der Waals surface area contributed by atoms with Crippen LogP contribution < -0.4 is 10.5 Å². The molecule has 2 rings (SSSR count). The van der Waals surface area contributed by atoms with E-state index in [1.807, 2.05) is 24.3 Å². The zero-order valence-corrected chi connectivity index (χ0v) is 14.6. The topological polar surface area (TPSA) is 35.2 Å². The van der Waals surface area contributed by atoms with Gasteiger partial charge in [-0.1, -0.05) is 48.8 Å². The summed E-state index contributed by atoms with van der Waals surface area (Å²) in [6.45, 7) is 9.16. The Morgan fingerprint density at radius 2 is 1.71 bits per heavy atom. The van der Waals surface area contributed by atoms with E-state index in [9.17, 15) is 0 Å². The van der Waals surface area contributed by atoms with Gasteiger partial charge in [-0.15, -0.1) is 0 Å². The molecule has 0 aliphatic heterocycles. The molecule has 0 aliphatic rings. The summed E-state index contributed by atoms with van der Waals surface area (Å²) in [5.74, 6) is 1.69. The van der Waals surface area contributed by atoms with Gasteiger partial charge in [0.25, 0.3) is 0 Å². The van der Waals surface area contributed by atoms with E-state index >= 15 is 0 Å². The Bertz CT molecular complexity index is 644. The molecule has 2 N–H and O–H groups in total. The first-order valence-electron chi connectivity index (χ1n) is 7.09. The minimum Gasteiger partial charge on any atom is -0.457 e. The van der Waals surface area contributed by atoms with Crippen LogP contribution in [-0.2, 0) is 12.0 Å². The second kappa shape index (κ2) is 6.20. The molecule has 21 heavy (non-hydrogen) atoms. The maximum absolute atomic E-state index is 6.05. The largest absolute Gasteiger partial charge is 0.457 e. The predicted octanol–water partition coefficient (Wildman–Crippen LogP) is 5.31. The molecule has 0 radical (unpaired) electrons. The van der Waals surface area contributed by atoms with Gasteiger partial charge in [-0.05, 0) is 47.7 Å². The fourth-order valence-corrected chi connectivity index (χ4v) is 2.56. The summed E-state index contributed by atoms with van der Waals surface area (Å²) in [7, 11) is 0. The number of ether oxygens (including phenoxy) is 1. The second-order valence-electron chi connectivity index (χ2n) is 6.29. The zero-order chi connectivity index (χ0) is 15.6. The summed E-state index contributed by atoms with van der Waals surface area (Å²) in [6, 6.07) is 12.3. The Morgan fingerprint density at radius 3 is 2.29 bits per heavy atom. The first-order chi connectivity index (χ1) is 9.81. The molecule has 0 aromatic heterocycles. The van der Waals surface area contributed by atoms with Crippen LogP contribution in [0.15, 0.2) is 40.9 Å². The summed E-state index contributed by atoms with van der Waals surface area (Å²) in [5, 5.41) is 0. The summed E-state index contributed by atoms with van der Waals surface area (Å²) in [6.07, 6.45) is 0. The number of nitrogens with two attached hydrogens (primary N) is 1. The lowest BCUT2D eigenvalue weighted by molar-refractivity contribution is 0.471. The molecule has 0 aliphatic carbocycles. The van der Waals surface area contributed by atoms with Crippen molar-refractivity contribution in [1.29, 1.82) is 0 Å². The summed E-state index contributed by atoms with van der Waals surface area (Å²) < 4.78 is 7.06. The van der Waals surface area contributed by atoms with E-state index in [4.69, 9.17) is 10.5 Å². The molecule has 0 atom stereocenters. The zero-order valence-electron chi connectivity index (χ0n) is 13.0. The van der Waals surface area contributed by atoms with Gasteiger partial charge in [-0.25, -0.2) is 0 Å². The first-order valence-corrected chi connectivity index (χ1v) is 7.88. The van der Waals surface area contributed by atoms with Gasteiger partial charge in [0.2, 0.25) is 0 Å². The smallest absolute Gasteiger partial charge is 0.131 e. The van der Waals surface area contributed by atoms with Gasteiger partial charge in [0.15, 0.2) is 0 Å². The lowest BCUT2D eigenvalue weighted by Gasteiger charge is -2.21. The average molecular weight is 348 g/mol. The van der Waals surface area contributed by atoms with Gasteiger partial charge >= 0.3 is 0 Å². The van der Waals surface area contributed by atoms with Crippen LogP contribution in [0, 0.1) is 6.92 Å². The molecule has 0 bridgehead atoms. The third-order valence-corrected chi connectivity index (χ3v) is 4.00. The highest BCUT2D eigenvalue weighted by Crippen LogP contribution is 2.32. The Morgan fingerprint density at radius 1 is 1.05 bits per heavy atom. The molecule has 0 spiro atoms. The SMILES string of the molecule is Cc1cc(C(C)(C)C)ccc1Oc1ccc(Br)cc1CN. The van der Waals surface area contributed by atoms with E-state index in [1.165, 1.54) is 5.56 Å². The lowest BCUT2D eigenvalue weighted by Crippen LogP contribution is -2.11. The Hall–Kier alpha value is -1.32. The minimum atomic E-state index is 0.142. The van der Waals surface area contributed by atoms with Crippen molar-refractivity contribution >= 4 is 15.9 Å². The molecule has 2 aromatic carbocycles. The molecule has 3 heteroatoms. The van der Waals surface area contributed by atoms with Gasteiger partial charge in [-0.2, -0.15) is 0 Å². The molecular formula is C18H22BrNO. The second-order valence-corrected chi connectivity index (χ2v) is 7.20. The number of halogens is 1. The van der Waals surface area contributed by atoms with Crippen molar-refractivity contribution in [2.75, 3.05) is 0 Å². The lowest BCUT2D eigenvalue weighted by atomic mass is 9.86. The fourth-order valence-electron chi connectivity index (χ4n) is 2.16. The van der Waals surface area contributed by atoms with Crippen LogP contribution in [0.25, 0.3) is 0 Å². The van der Waals surface area contributed by atoms with Crippen LogP contribution in [0.2, 0.25) is 0 Å². The summed E-state index contributed by atoms with van der Waals surface area (Å²) in [4.78, 5) is 0. The van der Waals surface area contributed by atoms with E-state index in [0.29, 0.717) is 6.54 Å². The first kappa shape index (κ1) is 16.1. The number of aryl methyl sites for hydroxylation is 1. The number of hydrogen-bond acceptors (Lipinski definition) is 2. The molecule has 2 nitrogen and oxygen atoms in total. The van der Waals surface area contributed by atoms with Crippen molar-refractivity contribution in [3.05, 3.63) is 57.6 Å². The normalized spacial score (nSPS) is 11.5. The van der Waals surface area contributed by atoms with Crippen LogP contribution >= 0.6 is 15.9 Å². The molecule has 0 heterocycles. The predicted molar refractivity (Wildman–Crippen MR) is 92.0 cm³/mol. The van der Waals surface area contributed by atoms with Crippen molar-refractivity contribution in [2.45, 2.75) is 39.7 Å². The Kier molecular flexibility index (Phi) is 4.74. The van der Waals surface area contributed by atoms with Crippen molar-refractivity contribution in [3.63, 3.8) is 0 Å². The summed E-state index contributed by atoms with van der Waals surface area (Å²) in [5.41, 5.74) is 9.36. The monoisotopic (exact) mass is 347 g/mol. The van der Waals surface area contributed by atoms with Crippen LogP contribution in [-0.4, -0.2) is 0 Å². The van der Waals surface area contributed by atoms with Crippen LogP contribution in [0.3, 0.4) is 0 Å². The molecule has 0 saturated heterocycles. The number of hydrogen-bond donors (Lipinski definition) is 1. The van der Waals surface area contributed by atoms with Crippen molar-refractivity contribution in [3.8, 4) is 11.5 Å². The molecule has 0 fully saturated rings. The Labute approximate surface area is 135 Å². The minimum absolute atomic E-state index is 0.142. The quantitative estimate of drug-likeness (QED) is 0.816.